The summed E-state index contributed by atoms with van der Waals surface area (Å²) >= 11 is 13.4. The van der Waals surface area contributed by atoms with Crippen LogP contribution in [0.25, 0.3) is 0 Å². The second-order valence-corrected chi connectivity index (χ2v) is 11.4. The van der Waals surface area contributed by atoms with Gasteiger partial charge in [0.1, 0.15) is 0 Å². The van der Waals surface area contributed by atoms with Gasteiger partial charge in [-0.05, 0) is 42.3 Å². The summed E-state index contributed by atoms with van der Waals surface area (Å²) < 4.78 is 24.4. The first-order chi connectivity index (χ1) is 13.7. The van der Waals surface area contributed by atoms with Crippen molar-refractivity contribution < 1.29 is 13.2 Å². The third-order valence-electron chi connectivity index (χ3n) is 4.99. The number of amidine groups is 1. The Morgan fingerprint density at radius 2 is 1.83 bits per heavy atom. The van der Waals surface area contributed by atoms with E-state index >= 15 is 0 Å². The first kappa shape index (κ1) is 20.7. The van der Waals surface area contributed by atoms with Crippen molar-refractivity contribution in [3.63, 3.8) is 0 Å². The van der Waals surface area contributed by atoms with Crippen molar-refractivity contribution in [3.05, 3.63) is 63.6 Å². The molecular weight excluding hydrogens is 451 g/mol. The molecular formula is C20H18Cl2N2O3S2. The molecule has 5 nitrogen and oxygen atoms in total. The van der Waals surface area contributed by atoms with E-state index in [-0.39, 0.29) is 35.1 Å². The van der Waals surface area contributed by atoms with E-state index < -0.39 is 9.84 Å². The Labute approximate surface area is 184 Å². The molecule has 2 fully saturated rings. The summed E-state index contributed by atoms with van der Waals surface area (Å²) in [6, 6.07) is 12.3. The summed E-state index contributed by atoms with van der Waals surface area (Å²) in [5.41, 5.74) is 2.55. The minimum absolute atomic E-state index is 0.0427. The second-order valence-electron chi connectivity index (χ2n) is 7.19. The van der Waals surface area contributed by atoms with Crippen molar-refractivity contribution in [1.82, 2.24) is 0 Å². The standard InChI is InChI=1S/C20H18Cl2N2O3S2/c1-12-2-5-15(22)9-16(12)24-17-10-29(26,27)11-18(17)28-20(24)23-19(25)8-13-3-6-14(21)7-4-13/h2-7,9,17-18H,8,10-11H2,1H3/t17-,18-/m0/s1. The Hall–Kier alpha value is -1.54. The highest BCUT2D eigenvalue weighted by Gasteiger charge is 2.49. The summed E-state index contributed by atoms with van der Waals surface area (Å²) in [5, 5.41) is 1.53. The maximum Gasteiger partial charge on any atom is 0.252 e. The molecule has 2 saturated heterocycles. The van der Waals surface area contributed by atoms with Crippen LogP contribution in [0.5, 0.6) is 0 Å². The van der Waals surface area contributed by atoms with E-state index in [4.69, 9.17) is 23.2 Å². The number of fused-ring (bicyclic) bond motifs is 1. The van der Waals surface area contributed by atoms with Gasteiger partial charge in [0.05, 0.1) is 24.0 Å². The minimum Gasteiger partial charge on any atom is -0.315 e. The maximum absolute atomic E-state index is 12.6. The molecule has 29 heavy (non-hydrogen) atoms. The number of aryl methyl sites for hydroxylation is 1. The Bertz CT molecular complexity index is 1100. The third-order valence-corrected chi connectivity index (χ3v) is 8.68. The lowest BCUT2D eigenvalue weighted by Crippen LogP contribution is -2.38. The topological polar surface area (TPSA) is 66.8 Å². The normalized spacial score (nSPS) is 24.1. The zero-order valence-electron chi connectivity index (χ0n) is 15.5. The number of carbonyl (C=O) groups is 1. The van der Waals surface area contributed by atoms with Crippen LogP contribution in [0.15, 0.2) is 47.5 Å². The van der Waals surface area contributed by atoms with E-state index in [1.165, 1.54) is 11.8 Å². The molecule has 0 aromatic heterocycles. The number of sulfone groups is 1. The van der Waals surface area contributed by atoms with Crippen LogP contribution in [0.3, 0.4) is 0 Å². The summed E-state index contributed by atoms with van der Waals surface area (Å²) in [6.45, 7) is 1.93. The van der Waals surface area contributed by atoms with Crippen molar-refractivity contribution in [2.24, 2.45) is 4.99 Å². The molecule has 0 radical (unpaired) electrons. The van der Waals surface area contributed by atoms with Crippen LogP contribution >= 0.6 is 35.0 Å². The summed E-state index contributed by atoms with van der Waals surface area (Å²) in [5.74, 6) is -0.161. The highest BCUT2D eigenvalue weighted by Crippen LogP contribution is 2.42. The predicted molar refractivity (Wildman–Crippen MR) is 120 cm³/mol. The Balaban J connectivity index is 1.67. The fraction of sp³-hybridized carbons (Fsp3) is 0.300. The quantitative estimate of drug-likeness (QED) is 0.676. The zero-order chi connectivity index (χ0) is 20.8. The van der Waals surface area contributed by atoms with E-state index in [1.807, 2.05) is 17.9 Å². The lowest BCUT2D eigenvalue weighted by Gasteiger charge is -2.26. The Morgan fingerprint density at radius 1 is 1.14 bits per heavy atom. The SMILES string of the molecule is Cc1ccc(Cl)cc1N1C(=NC(=O)Cc2ccc(Cl)cc2)S[C@H]2CS(=O)(=O)C[C@@H]21. The van der Waals surface area contributed by atoms with Crippen molar-refractivity contribution in [3.8, 4) is 0 Å². The van der Waals surface area contributed by atoms with Gasteiger partial charge >= 0.3 is 0 Å². The molecule has 0 saturated carbocycles. The molecule has 2 aliphatic heterocycles. The van der Waals surface area contributed by atoms with Gasteiger partial charge in [0.15, 0.2) is 15.0 Å². The van der Waals surface area contributed by atoms with Gasteiger partial charge in [-0.25, -0.2) is 8.42 Å². The number of carbonyl (C=O) groups excluding carboxylic acids is 1. The van der Waals surface area contributed by atoms with Gasteiger partial charge in [-0.3, -0.25) is 4.79 Å². The van der Waals surface area contributed by atoms with Crippen molar-refractivity contribution in [1.29, 1.82) is 0 Å². The monoisotopic (exact) mass is 468 g/mol. The largest absolute Gasteiger partial charge is 0.315 e. The third kappa shape index (κ3) is 4.48. The molecule has 0 spiro atoms. The summed E-state index contributed by atoms with van der Waals surface area (Å²) in [4.78, 5) is 18.8. The second kappa shape index (κ2) is 7.95. The first-order valence-corrected chi connectivity index (χ1v) is 12.5. The van der Waals surface area contributed by atoms with Crippen LogP contribution in [-0.2, 0) is 21.1 Å². The van der Waals surface area contributed by atoms with Crippen molar-refractivity contribution in [2.45, 2.75) is 24.6 Å². The fourth-order valence-electron chi connectivity index (χ4n) is 3.61. The number of amides is 1. The number of hydrogen-bond donors (Lipinski definition) is 0. The van der Waals surface area contributed by atoms with Crippen molar-refractivity contribution in [2.75, 3.05) is 16.4 Å². The molecule has 1 amide bonds. The Kier molecular flexibility index (Phi) is 5.68. The number of hydrogen-bond acceptors (Lipinski definition) is 4. The highest BCUT2D eigenvalue weighted by molar-refractivity contribution is 8.16. The van der Waals surface area contributed by atoms with Crippen LogP contribution in [0.1, 0.15) is 11.1 Å². The Morgan fingerprint density at radius 3 is 2.55 bits per heavy atom. The number of nitrogens with zero attached hydrogens (tertiary/aromatic N) is 2. The molecule has 0 bridgehead atoms. The molecule has 0 N–H and O–H groups in total. The molecule has 2 aromatic carbocycles. The van der Waals surface area contributed by atoms with Crippen LogP contribution in [0.4, 0.5) is 5.69 Å². The number of benzene rings is 2. The minimum atomic E-state index is -3.12. The summed E-state index contributed by atoms with van der Waals surface area (Å²) in [6.07, 6.45) is 0.150. The lowest BCUT2D eigenvalue weighted by molar-refractivity contribution is -0.117. The highest BCUT2D eigenvalue weighted by atomic mass is 35.5. The molecule has 2 atom stereocenters. The lowest BCUT2D eigenvalue weighted by atomic mass is 10.1. The molecule has 2 aliphatic rings. The van der Waals surface area contributed by atoms with Crippen LogP contribution < -0.4 is 4.90 Å². The van der Waals surface area contributed by atoms with Crippen LogP contribution in [0, 0.1) is 6.92 Å². The van der Waals surface area contributed by atoms with E-state index in [9.17, 15) is 13.2 Å². The number of rotatable bonds is 3. The molecule has 4 rings (SSSR count). The molecule has 0 aliphatic carbocycles. The van der Waals surface area contributed by atoms with Gasteiger partial charge in [-0.15, -0.1) is 0 Å². The number of aliphatic imine (C=N–C) groups is 1. The zero-order valence-corrected chi connectivity index (χ0v) is 18.7. The fourth-order valence-corrected chi connectivity index (χ4v) is 7.83. The maximum atomic E-state index is 12.6. The average Bonchev–Trinajstić information content (AvgIpc) is 3.10. The van der Waals surface area contributed by atoms with E-state index in [1.54, 1.807) is 36.4 Å². The van der Waals surface area contributed by atoms with Crippen LogP contribution in [-0.4, -0.2) is 42.3 Å². The molecule has 2 heterocycles. The van der Waals surface area contributed by atoms with E-state index in [2.05, 4.69) is 4.99 Å². The van der Waals surface area contributed by atoms with Crippen molar-refractivity contribution >= 4 is 61.6 Å². The van der Waals surface area contributed by atoms with Crippen LogP contribution in [0.2, 0.25) is 10.0 Å². The van der Waals surface area contributed by atoms with E-state index in [0.717, 1.165) is 16.8 Å². The smallest absolute Gasteiger partial charge is 0.252 e. The van der Waals surface area contributed by atoms with Gasteiger partial charge in [0.25, 0.3) is 5.91 Å². The first-order valence-electron chi connectivity index (χ1n) is 9.00. The number of halogens is 2. The van der Waals surface area contributed by atoms with Gasteiger partial charge in [-0.1, -0.05) is 53.2 Å². The van der Waals surface area contributed by atoms with Gasteiger partial charge in [0.2, 0.25) is 0 Å². The average molecular weight is 469 g/mol. The predicted octanol–water partition coefficient (Wildman–Crippen LogP) is 4.15. The number of anilines is 1. The molecule has 152 valence electrons. The molecule has 2 aromatic rings. The van der Waals surface area contributed by atoms with Gasteiger partial charge in [-0.2, -0.15) is 4.99 Å². The van der Waals surface area contributed by atoms with Gasteiger partial charge in [0, 0.05) is 21.0 Å². The van der Waals surface area contributed by atoms with E-state index in [0.29, 0.717) is 15.2 Å². The molecule has 9 heteroatoms. The number of thioether (sulfide) groups is 1. The molecule has 0 unspecified atom stereocenters. The van der Waals surface area contributed by atoms with Gasteiger partial charge < -0.3 is 4.90 Å². The summed E-state index contributed by atoms with van der Waals surface area (Å²) in [7, 11) is -3.12.